The van der Waals surface area contributed by atoms with Gasteiger partial charge in [0.15, 0.2) is 6.10 Å². The molecule has 0 spiro atoms. The van der Waals surface area contributed by atoms with Crippen molar-refractivity contribution in [2.75, 3.05) is 47.5 Å². The highest BCUT2D eigenvalue weighted by Gasteiger charge is 2.36. The maximum absolute atomic E-state index is 12.7. The lowest BCUT2D eigenvalue weighted by atomic mass is 10.0. The monoisotopic (exact) mass is 854 g/mol. The summed E-state index contributed by atoms with van der Waals surface area (Å²) in [4.78, 5) is 37.7. The predicted molar refractivity (Wildman–Crippen MR) is 240 cm³/mol. The third-order valence-electron chi connectivity index (χ3n) is 10.6. The first kappa shape index (κ1) is 55.2. The number of rotatable bonds is 42. The van der Waals surface area contributed by atoms with Gasteiger partial charge >= 0.3 is 11.9 Å². The number of ether oxygens (including phenoxy) is 3. The zero-order valence-corrected chi connectivity index (χ0v) is 39.3. The van der Waals surface area contributed by atoms with Gasteiger partial charge in [0.1, 0.15) is 19.8 Å². The summed E-state index contributed by atoms with van der Waals surface area (Å²) in [6.45, 7) is 4.14. The summed E-state index contributed by atoms with van der Waals surface area (Å²) in [7, 11) is 1.12. The van der Waals surface area contributed by atoms with E-state index in [4.69, 9.17) is 23.3 Å². The Morgan fingerprint density at radius 2 is 1.08 bits per heavy atom. The van der Waals surface area contributed by atoms with Crippen LogP contribution in [0.2, 0.25) is 0 Å². The largest absolute Gasteiger partial charge is 0.756 e. The molecule has 1 heterocycles. The minimum absolute atomic E-state index is 0.0434. The van der Waals surface area contributed by atoms with Crippen LogP contribution in [0, 0.1) is 0 Å². The highest BCUT2D eigenvalue weighted by Crippen LogP contribution is 2.38. The van der Waals surface area contributed by atoms with Crippen molar-refractivity contribution >= 4 is 19.8 Å². The van der Waals surface area contributed by atoms with Crippen molar-refractivity contribution < 1.29 is 46.8 Å². The van der Waals surface area contributed by atoms with Crippen LogP contribution in [-0.2, 0) is 37.4 Å². The number of hydrogen-bond acceptors (Lipinski definition) is 9. The van der Waals surface area contributed by atoms with Gasteiger partial charge in [-0.3, -0.25) is 14.2 Å². The molecule has 0 aromatic heterocycles. The predicted octanol–water partition coefficient (Wildman–Crippen LogP) is 12.0. The van der Waals surface area contributed by atoms with Crippen LogP contribution in [0.4, 0.5) is 0 Å². The number of likely N-dealkylation sites (N-methyl/N-ethyl adjacent to an activating group) is 1. The number of nitrogens with zero attached hydrogens (tertiary/aromatic N) is 1. The first-order chi connectivity index (χ1) is 28.5. The molecular formula is C48H88NO9P. The normalized spacial score (nSPS) is 17.3. The second-order valence-electron chi connectivity index (χ2n) is 17.5. The molecule has 11 heteroatoms. The van der Waals surface area contributed by atoms with Gasteiger partial charge < -0.3 is 32.6 Å². The number of carbonyl (C=O) groups is 2. The molecule has 1 rings (SSSR count). The lowest BCUT2D eigenvalue weighted by molar-refractivity contribution is -0.870. The molecule has 4 atom stereocenters. The van der Waals surface area contributed by atoms with E-state index in [2.05, 4.69) is 44.2 Å². The SMILES string of the molecule is CCCCC/C=C\C/C=C\CC1OC1C/C=C\CCCC(=O)O[C@H](COC(=O)CCCCCCCCCCCCCCCCCCC)COP(=O)([O-])OCC[N+](C)(C)C. The molecule has 1 saturated heterocycles. The molecule has 0 saturated carbocycles. The molecule has 10 nitrogen and oxygen atoms in total. The van der Waals surface area contributed by atoms with Crippen LogP contribution in [-0.4, -0.2) is 82.2 Å². The van der Waals surface area contributed by atoms with E-state index in [0.29, 0.717) is 23.9 Å². The quantitative estimate of drug-likeness (QED) is 0.0147. The number of hydrogen-bond donors (Lipinski definition) is 0. The van der Waals surface area contributed by atoms with Gasteiger partial charge in [0.05, 0.1) is 40.0 Å². The molecule has 1 aliphatic rings. The number of phosphoric ester groups is 1. The number of unbranched alkanes of at least 4 members (excludes halogenated alkanes) is 20. The van der Waals surface area contributed by atoms with E-state index < -0.39 is 32.5 Å². The summed E-state index contributed by atoms with van der Waals surface area (Å²) in [6, 6.07) is 0. The average Bonchev–Trinajstić information content (AvgIpc) is 3.94. The molecule has 3 unspecified atom stereocenters. The van der Waals surface area contributed by atoms with Crippen molar-refractivity contribution in [1.29, 1.82) is 0 Å². The van der Waals surface area contributed by atoms with Crippen molar-refractivity contribution in [3.05, 3.63) is 36.5 Å². The van der Waals surface area contributed by atoms with E-state index >= 15 is 0 Å². The van der Waals surface area contributed by atoms with Gasteiger partial charge in [-0.25, -0.2) is 0 Å². The van der Waals surface area contributed by atoms with Crippen LogP contribution in [0.25, 0.3) is 0 Å². The fraction of sp³-hybridized carbons (Fsp3) is 0.833. The number of phosphoric acid groups is 1. The Morgan fingerprint density at radius 3 is 1.66 bits per heavy atom. The van der Waals surface area contributed by atoms with E-state index in [0.717, 1.165) is 44.9 Å². The zero-order chi connectivity index (χ0) is 43.3. The second kappa shape index (κ2) is 36.8. The Bertz CT molecular complexity index is 1170. The van der Waals surface area contributed by atoms with Gasteiger partial charge in [-0.05, 0) is 51.4 Å². The Hall–Kier alpha value is -1.81. The number of esters is 2. The van der Waals surface area contributed by atoms with Crippen molar-refractivity contribution in [2.45, 2.75) is 212 Å². The van der Waals surface area contributed by atoms with E-state index in [1.165, 1.54) is 109 Å². The first-order valence-electron chi connectivity index (χ1n) is 23.8. The third-order valence-corrected chi connectivity index (χ3v) is 11.5. The smallest absolute Gasteiger partial charge is 0.306 e. The number of epoxide rings is 1. The van der Waals surface area contributed by atoms with Crippen LogP contribution < -0.4 is 4.89 Å². The summed E-state index contributed by atoms with van der Waals surface area (Å²) >= 11 is 0. The highest BCUT2D eigenvalue weighted by molar-refractivity contribution is 7.45. The molecule has 0 bridgehead atoms. The van der Waals surface area contributed by atoms with Gasteiger partial charge in [-0.1, -0.05) is 166 Å². The summed E-state index contributed by atoms with van der Waals surface area (Å²) in [5.74, 6) is -0.902. The maximum atomic E-state index is 12.7. The lowest BCUT2D eigenvalue weighted by Gasteiger charge is -2.28. The molecular weight excluding hydrogens is 766 g/mol. The number of carbonyl (C=O) groups excluding carboxylic acids is 2. The zero-order valence-electron chi connectivity index (χ0n) is 38.4. The third kappa shape index (κ3) is 37.7. The Morgan fingerprint density at radius 1 is 0.610 bits per heavy atom. The standard InChI is InChI=1S/C48H88NO9P/c1-6-8-10-12-14-16-17-18-19-20-21-22-23-25-27-29-34-38-47(50)54-42-44(43-56-59(52,53)55-41-40-49(3,4)5)57-48(51)39-35-31-30-33-37-46-45(58-46)36-32-28-26-24-15-13-11-9-7-2/h15,24,28,30,32-33,44-46H,6-14,16-23,25-27,29,31,34-43H2,1-5H3/b24-15-,32-28-,33-30-/t44-,45?,46?/m1/s1. The summed E-state index contributed by atoms with van der Waals surface area (Å²) in [5, 5.41) is 0. The first-order valence-corrected chi connectivity index (χ1v) is 25.3. The van der Waals surface area contributed by atoms with Gasteiger partial charge in [-0.2, -0.15) is 0 Å². The minimum Gasteiger partial charge on any atom is -0.756 e. The van der Waals surface area contributed by atoms with Crippen LogP contribution in [0.3, 0.4) is 0 Å². The minimum atomic E-state index is -4.65. The average molecular weight is 854 g/mol. The Kier molecular flexibility index (Phi) is 34.4. The van der Waals surface area contributed by atoms with E-state index in [1.54, 1.807) is 0 Å². The molecule has 59 heavy (non-hydrogen) atoms. The van der Waals surface area contributed by atoms with Gasteiger partial charge in [0, 0.05) is 12.8 Å². The van der Waals surface area contributed by atoms with Crippen LogP contribution in [0.1, 0.15) is 194 Å². The summed E-state index contributed by atoms with van der Waals surface area (Å²) in [6.07, 6.45) is 43.4. The Balaban J connectivity index is 2.29. The topological polar surface area (TPSA) is 124 Å². The molecule has 0 amide bonds. The molecule has 0 aromatic rings. The molecule has 344 valence electrons. The highest BCUT2D eigenvalue weighted by atomic mass is 31.2. The van der Waals surface area contributed by atoms with Crippen molar-refractivity contribution in [3.8, 4) is 0 Å². The Labute approximate surface area is 361 Å². The lowest BCUT2D eigenvalue weighted by Crippen LogP contribution is -2.37. The van der Waals surface area contributed by atoms with Crippen molar-refractivity contribution in [2.24, 2.45) is 0 Å². The summed E-state index contributed by atoms with van der Waals surface area (Å²) < 4.78 is 39.7. The number of quaternary nitrogens is 1. The fourth-order valence-corrected chi connectivity index (χ4v) is 7.42. The second-order valence-corrected chi connectivity index (χ2v) is 18.9. The van der Waals surface area contributed by atoms with E-state index in [-0.39, 0.29) is 38.3 Å². The van der Waals surface area contributed by atoms with Crippen LogP contribution in [0.5, 0.6) is 0 Å². The van der Waals surface area contributed by atoms with Gasteiger partial charge in [0.25, 0.3) is 7.82 Å². The van der Waals surface area contributed by atoms with Crippen molar-refractivity contribution in [1.82, 2.24) is 0 Å². The number of allylic oxidation sites excluding steroid dienone is 4. The van der Waals surface area contributed by atoms with E-state index in [1.807, 2.05) is 27.2 Å². The molecule has 1 fully saturated rings. The molecule has 0 radical (unpaired) electrons. The molecule has 1 aliphatic heterocycles. The van der Waals surface area contributed by atoms with E-state index in [9.17, 15) is 19.0 Å². The molecule has 0 aromatic carbocycles. The van der Waals surface area contributed by atoms with Gasteiger partial charge in [-0.15, -0.1) is 0 Å². The van der Waals surface area contributed by atoms with Crippen LogP contribution >= 0.6 is 7.82 Å². The van der Waals surface area contributed by atoms with Crippen LogP contribution in [0.15, 0.2) is 36.5 Å². The maximum Gasteiger partial charge on any atom is 0.306 e. The van der Waals surface area contributed by atoms with Crippen molar-refractivity contribution in [3.63, 3.8) is 0 Å². The molecule has 0 N–H and O–H groups in total. The summed E-state index contributed by atoms with van der Waals surface area (Å²) in [5.41, 5.74) is 0. The fourth-order valence-electron chi connectivity index (χ4n) is 6.69. The van der Waals surface area contributed by atoms with Gasteiger partial charge in [0.2, 0.25) is 0 Å². The molecule has 0 aliphatic carbocycles.